The fourth-order valence-corrected chi connectivity index (χ4v) is 6.31. The monoisotopic (exact) mass is 455 g/mol. The van der Waals surface area contributed by atoms with Crippen molar-refractivity contribution in [1.82, 2.24) is 9.97 Å². The van der Waals surface area contributed by atoms with E-state index in [2.05, 4.69) is 58.3 Å². The van der Waals surface area contributed by atoms with Gasteiger partial charge in [0.25, 0.3) is 0 Å². The van der Waals surface area contributed by atoms with Crippen molar-refractivity contribution < 1.29 is 5.11 Å². The number of nitrogens with two attached hydrogens (primary N) is 1. The first-order valence-corrected chi connectivity index (χ1v) is 12.6. The highest BCUT2D eigenvalue weighted by Crippen LogP contribution is 2.51. The number of aliphatic hydroxyl groups excluding tert-OH is 1. The summed E-state index contributed by atoms with van der Waals surface area (Å²) in [6.45, 7) is 2.57. The van der Waals surface area contributed by atoms with Crippen molar-refractivity contribution in [3.63, 3.8) is 0 Å². The number of aryl methyl sites for hydroxylation is 1. The standard InChI is InChI=1S/C28H33N5O/c29-26-22-10-3-1-9-21(22)17-28(26)12-15-32(16-13-28)27-23(19-34)31-25(18-30-27)33-14-6-5-8-20-7-2-4-11-24(20)33/h1-4,7,9-11,18,26,34H,5-6,8,12-17,19,29H2/t26-/m1/s1. The van der Waals surface area contributed by atoms with Crippen molar-refractivity contribution in [2.45, 2.75) is 51.2 Å². The molecule has 3 N–H and O–H groups in total. The SMILES string of the molecule is N[C@@H]1c2ccccc2CC12CCN(c1ncc(N3CCCCc4ccccc43)nc1CO)CC2. The zero-order valence-electron chi connectivity index (χ0n) is 19.7. The number of aliphatic hydroxyl groups is 1. The fraction of sp³-hybridized carbons (Fsp3) is 0.429. The Balaban J connectivity index is 1.23. The Labute approximate surface area is 201 Å². The van der Waals surface area contributed by atoms with Gasteiger partial charge in [-0.05, 0) is 66.7 Å². The van der Waals surface area contributed by atoms with E-state index in [-0.39, 0.29) is 18.1 Å². The minimum atomic E-state index is -0.113. The lowest BCUT2D eigenvalue weighted by Crippen LogP contribution is -2.45. The maximum absolute atomic E-state index is 10.2. The molecule has 0 bridgehead atoms. The molecule has 3 aliphatic rings. The van der Waals surface area contributed by atoms with E-state index in [1.165, 1.54) is 28.8 Å². The molecule has 2 aliphatic heterocycles. The second kappa shape index (κ2) is 8.67. The number of aromatic nitrogens is 2. The molecule has 0 saturated carbocycles. The Morgan fingerprint density at radius 3 is 2.53 bits per heavy atom. The van der Waals surface area contributed by atoms with Crippen molar-refractivity contribution >= 4 is 17.3 Å². The lowest BCUT2D eigenvalue weighted by Gasteiger charge is -2.43. The minimum absolute atomic E-state index is 0.0970. The summed E-state index contributed by atoms with van der Waals surface area (Å²) in [6, 6.07) is 17.3. The molecule has 1 fully saturated rings. The van der Waals surface area contributed by atoms with Gasteiger partial charge in [-0.1, -0.05) is 42.5 Å². The molecule has 2 aromatic carbocycles. The molecular formula is C28H33N5O. The van der Waals surface area contributed by atoms with Crippen LogP contribution in [0.15, 0.2) is 54.7 Å². The number of para-hydroxylation sites is 1. The zero-order chi connectivity index (χ0) is 23.1. The van der Waals surface area contributed by atoms with Crippen LogP contribution in [0.2, 0.25) is 0 Å². The molecular weight excluding hydrogens is 422 g/mol. The van der Waals surface area contributed by atoms with Crippen LogP contribution in [0.3, 0.4) is 0 Å². The third-order valence-corrected chi connectivity index (χ3v) is 8.25. The van der Waals surface area contributed by atoms with Gasteiger partial charge in [-0.3, -0.25) is 0 Å². The van der Waals surface area contributed by atoms with Crippen molar-refractivity contribution in [2.75, 3.05) is 29.4 Å². The first kappa shape index (κ1) is 21.6. The van der Waals surface area contributed by atoms with Gasteiger partial charge in [-0.25, -0.2) is 9.97 Å². The zero-order valence-corrected chi connectivity index (χ0v) is 19.7. The summed E-state index contributed by atoms with van der Waals surface area (Å²) in [7, 11) is 0. The summed E-state index contributed by atoms with van der Waals surface area (Å²) in [5.74, 6) is 1.64. The maximum Gasteiger partial charge on any atom is 0.152 e. The van der Waals surface area contributed by atoms with Gasteiger partial charge in [-0.2, -0.15) is 0 Å². The highest BCUT2D eigenvalue weighted by Gasteiger charge is 2.46. The van der Waals surface area contributed by atoms with E-state index < -0.39 is 0 Å². The molecule has 6 nitrogen and oxygen atoms in total. The lowest BCUT2D eigenvalue weighted by atomic mass is 9.73. The van der Waals surface area contributed by atoms with E-state index in [0.717, 1.165) is 63.4 Å². The van der Waals surface area contributed by atoms with Crippen LogP contribution in [0.5, 0.6) is 0 Å². The van der Waals surface area contributed by atoms with Gasteiger partial charge in [0.1, 0.15) is 5.69 Å². The third kappa shape index (κ3) is 3.56. The second-order valence-electron chi connectivity index (χ2n) is 10.1. The predicted molar refractivity (Wildman–Crippen MR) is 135 cm³/mol. The molecule has 6 rings (SSSR count). The summed E-state index contributed by atoms with van der Waals surface area (Å²) in [5.41, 5.74) is 12.8. The molecule has 0 radical (unpaired) electrons. The third-order valence-electron chi connectivity index (χ3n) is 8.25. The Kier molecular flexibility index (Phi) is 5.50. The molecule has 34 heavy (non-hydrogen) atoms. The summed E-state index contributed by atoms with van der Waals surface area (Å²) >= 11 is 0. The van der Waals surface area contributed by atoms with E-state index >= 15 is 0 Å². The van der Waals surface area contributed by atoms with Crippen LogP contribution in [-0.4, -0.2) is 34.7 Å². The van der Waals surface area contributed by atoms with Crippen molar-refractivity contribution in [3.05, 3.63) is 77.1 Å². The molecule has 176 valence electrons. The van der Waals surface area contributed by atoms with E-state index in [1.54, 1.807) is 0 Å². The number of fused-ring (bicyclic) bond motifs is 2. The first-order valence-electron chi connectivity index (χ1n) is 12.6. The van der Waals surface area contributed by atoms with Crippen LogP contribution in [0, 0.1) is 5.41 Å². The van der Waals surface area contributed by atoms with E-state index in [9.17, 15) is 5.11 Å². The quantitative estimate of drug-likeness (QED) is 0.614. The number of piperidine rings is 1. The summed E-state index contributed by atoms with van der Waals surface area (Å²) in [4.78, 5) is 14.3. The Morgan fingerprint density at radius 1 is 0.971 bits per heavy atom. The molecule has 1 aromatic heterocycles. The minimum Gasteiger partial charge on any atom is -0.390 e. The molecule has 0 amide bonds. The first-order chi connectivity index (χ1) is 16.7. The van der Waals surface area contributed by atoms with E-state index in [4.69, 9.17) is 15.7 Å². The Morgan fingerprint density at radius 2 is 1.74 bits per heavy atom. The van der Waals surface area contributed by atoms with Crippen molar-refractivity contribution in [3.8, 4) is 0 Å². The highest BCUT2D eigenvalue weighted by molar-refractivity contribution is 5.65. The van der Waals surface area contributed by atoms with Gasteiger partial charge >= 0.3 is 0 Å². The maximum atomic E-state index is 10.2. The molecule has 1 saturated heterocycles. The second-order valence-corrected chi connectivity index (χ2v) is 10.1. The van der Waals surface area contributed by atoms with Crippen LogP contribution >= 0.6 is 0 Å². The number of benzene rings is 2. The molecule has 1 aliphatic carbocycles. The Bertz CT molecular complexity index is 1190. The van der Waals surface area contributed by atoms with Crippen molar-refractivity contribution in [1.29, 1.82) is 0 Å². The van der Waals surface area contributed by atoms with Gasteiger partial charge in [-0.15, -0.1) is 0 Å². The van der Waals surface area contributed by atoms with Gasteiger partial charge in [0.2, 0.25) is 0 Å². The van der Waals surface area contributed by atoms with Gasteiger partial charge in [0, 0.05) is 31.4 Å². The van der Waals surface area contributed by atoms with Crippen LogP contribution in [0.1, 0.15) is 54.1 Å². The van der Waals surface area contributed by atoms with Gasteiger partial charge < -0.3 is 20.6 Å². The number of hydrogen-bond donors (Lipinski definition) is 2. The highest BCUT2D eigenvalue weighted by atomic mass is 16.3. The van der Waals surface area contributed by atoms with Crippen LogP contribution in [-0.2, 0) is 19.4 Å². The lowest BCUT2D eigenvalue weighted by molar-refractivity contribution is 0.186. The topological polar surface area (TPSA) is 78.5 Å². The normalized spacial score (nSPS) is 21.3. The average Bonchev–Trinajstić information content (AvgIpc) is 3.02. The molecule has 1 spiro atoms. The van der Waals surface area contributed by atoms with Crippen LogP contribution < -0.4 is 15.5 Å². The Hall–Kier alpha value is -2.96. The molecule has 1 atom stereocenters. The number of rotatable bonds is 3. The number of hydrogen-bond acceptors (Lipinski definition) is 6. The number of nitrogens with zero attached hydrogens (tertiary/aromatic N) is 4. The van der Waals surface area contributed by atoms with Crippen LogP contribution in [0.4, 0.5) is 17.3 Å². The smallest absolute Gasteiger partial charge is 0.152 e. The number of anilines is 3. The molecule has 3 heterocycles. The molecule has 6 heteroatoms. The molecule has 0 unspecified atom stereocenters. The van der Waals surface area contributed by atoms with Gasteiger partial charge in [0.15, 0.2) is 11.6 Å². The van der Waals surface area contributed by atoms with E-state index in [1.807, 2.05) is 6.20 Å². The summed E-state index contributed by atoms with van der Waals surface area (Å²) < 4.78 is 0. The van der Waals surface area contributed by atoms with Gasteiger partial charge in [0.05, 0.1) is 12.8 Å². The summed E-state index contributed by atoms with van der Waals surface area (Å²) in [6.07, 6.45) is 8.37. The van der Waals surface area contributed by atoms with E-state index in [0.29, 0.717) is 5.69 Å². The largest absolute Gasteiger partial charge is 0.390 e. The fourth-order valence-electron chi connectivity index (χ4n) is 6.31. The summed E-state index contributed by atoms with van der Waals surface area (Å²) in [5, 5.41) is 10.2. The predicted octanol–water partition coefficient (Wildman–Crippen LogP) is 4.29. The average molecular weight is 456 g/mol. The van der Waals surface area contributed by atoms with Crippen LogP contribution in [0.25, 0.3) is 0 Å². The van der Waals surface area contributed by atoms with Crippen molar-refractivity contribution in [2.24, 2.45) is 11.1 Å². The molecule has 3 aromatic rings.